The molecule has 190 valence electrons. The fourth-order valence-electron chi connectivity index (χ4n) is 3.48. The molecule has 4 N–H and O–H groups in total. The van der Waals surface area contributed by atoms with E-state index in [2.05, 4.69) is 10.6 Å². The normalized spacial score (nSPS) is 10.6. The van der Waals surface area contributed by atoms with Gasteiger partial charge in [0.05, 0.1) is 25.6 Å². The number of amides is 3. The molecule has 0 aliphatic heterocycles. The summed E-state index contributed by atoms with van der Waals surface area (Å²) in [5, 5.41) is 5.75. The third kappa shape index (κ3) is 7.13. The maximum absolute atomic E-state index is 13.1. The highest BCUT2D eigenvalue weighted by molar-refractivity contribution is 6.05. The molecule has 0 radical (unpaired) electrons. The van der Waals surface area contributed by atoms with Gasteiger partial charge in [0.25, 0.3) is 5.91 Å². The number of nitrogens with zero attached hydrogens (tertiary/aromatic N) is 2. The first kappa shape index (κ1) is 26.4. The number of nitrogens with two attached hydrogens (primary N) is 1. The summed E-state index contributed by atoms with van der Waals surface area (Å²) in [5.41, 5.74) is 8.97. The summed E-state index contributed by atoms with van der Waals surface area (Å²) in [6.45, 7) is 1.58. The molecule has 0 atom stereocenters. The van der Waals surface area contributed by atoms with Crippen molar-refractivity contribution < 1.29 is 19.1 Å². The second kappa shape index (κ2) is 12.5. The number of carbonyl (C=O) groups is 2. The van der Waals surface area contributed by atoms with Gasteiger partial charge in [0.2, 0.25) is 0 Å². The van der Waals surface area contributed by atoms with Crippen molar-refractivity contribution in [2.75, 3.05) is 57.8 Å². The van der Waals surface area contributed by atoms with Gasteiger partial charge in [0, 0.05) is 37.0 Å². The number of hydrogen-bond acceptors (Lipinski definition) is 6. The highest BCUT2D eigenvalue weighted by Crippen LogP contribution is 2.30. The van der Waals surface area contributed by atoms with E-state index in [1.54, 1.807) is 61.6 Å². The Morgan fingerprint density at radius 1 is 0.861 bits per heavy atom. The average molecular weight is 492 g/mol. The molecule has 0 bridgehead atoms. The zero-order valence-electron chi connectivity index (χ0n) is 21.1. The van der Waals surface area contributed by atoms with Crippen molar-refractivity contribution in [3.63, 3.8) is 0 Å². The van der Waals surface area contributed by atoms with Crippen LogP contribution in [0, 0.1) is 0 Å². The lowest BCUT2D eigenvalue weighted by Gasteiger charge is -2.25. The van der Waals surface area contributed by atoms with E-state index in [-0.39, 0.29) is 11.9 Å². The molecule has 3 aromatic rings. The minimum atomic E-state index is -0.255. The van der Waals surface area contributed by atoms with Crippen LogP contribution in [0.4, 0.5) is 21.9 Å². The van der Waals surface area contributed by atoms with Crippen molar-refractivity contribution in [3.8, 4) is 11.5 Å². The Hall–Kier alpha value is -4.24. The number of methoxy groups -OCH3 is 2. The van der Waals surface area contributed by atoms with Crippen molar-refractivity contribution in [2.45, 2.75) is 6.54 Å². The Kier molecular flexibility index (Phi) is 9.13. The quantitative estimate of drug-likeness (QED) is 0.368. The summed E-state index contributed by atoms with van der Waals surface area (Å²) in [4.78, 5) is 29.5. The predicted molar refractivity (Wildman–Crippen MR) is 143 cm³/mol. The van der Waals surface area contributed by atoms with Crippen LogP contribution in [0.2, 0.25) is 0 Å². The molecule has 36 heavy (non-hydrogen) atoms. The van der Waals surface area contributed by atoms with E-state index in [9.17, 15) is 9.59 Å². The van der Waals surface area contributed by atoms with E-state index >= 15 is 0 Å². The number of benzene rings is 3. The summed E-state index contributed by atoms with van der Waals surface area (Å²) < 4.78 is 10.6. The van der Waals surface area contributed by atoms with E-state index < -0.39 is 0 Å². The maximum atomic E-state index is 13.1. The molecular weight excluding hydrogens is 458 g/mol. The fraction of sp³-hybridized carbons (Fsp3) is 0.259. The first-order valence-corrected chi connectivity index (χ1v) is 11.5. The smallest absolute Gasteiger partial charge is 0.322 e. The summed E-state index contributed by atoms with van der Waals surface area (Å²) in [6.07, 6.45) is 0. The van der Waals surface area contributed by atoms with Gasteiger partial charge in [-0.05, 0) is 56.1 Å². The number of nitrogen functional groups attached to an aromatic ring is 1. The van der Waals surface area contributed by atoms with Gasteiger partial charge in [0.15, 0.2) is 11.5 Å². The number of nitrogens with one attached hydrogen (secondary N) is 2. The van der Waals surface area contributed by atoms with E-state index in [0.717, 1.165) is 5.56 Å². The molecule has 9 heteroatoms. The highest BCUT2D eigenvalue weighted by Gasteiger charge is 2.16. The largest absolute Gasteiger partial charge is 0.493 e. The van der Waals surface area contributed by atoms with Gasteiger partial charge in [-0.15, -0.1) is 0 Å². The molecule has 0 saturated heterocycles. The Morgan fingerprint density at radius 2 is 1.56 bits per heavy atom. The lowest BCUT2D eigenvalue weighted by Crippen LogP contribution is -2.39. The van der Waals surface area contributed by atoms with Crippen LogP contribution in [0.1, 0.15) is 15.9 Å². The van der Waals surface area contributed by atoms with Crippen LogP contribution < -0.4 is 25.8 Å². The molecule has 9 nitrogen and oxygen atoms in total. The average Bonchev–Trinajstić information content (AvgIpc) is 2.87. The molecule has 0 fully saturated rings. The predicted octanol–water partition coefficient (Wildman–Crippen LogP) is 4.13. The second-order valence-corrected chi connectivity index (χ2v) is 8.46. The first-order valence-electron chi connectivity index (χ1n) is 11.5. The topological polar surface area (TPSA) is 109 Å². The second-order valence-electron chi connectivity index (χ2n) is 8.46. The number of urea groups is 1. The minimum absolute atomic E-state index is 0.245. The number of anilines is 3. The number of ether oxygens (including phenoxy) is 2. The van der Waals surface area contributed by atoms with Crippen LogP contribution in [-0.4, -0.2) is 63.1 Å². The minimum Gasteiger partial charge on any atom is -0.493 e. The standard InChI is InChI=1S/C27H33N5O4/c1-31(2)15-16-32(27(34)29-21-13-14-24(35-3)25(17-21)36-4)18-19-9-11-20(12-10-19)26(33)30-23-8-6-5-7-22(23)28/h5-14,17H,15-16,18,28H2,1-4H3,(H,29,34)(H,30,33). The van der Waals surface area contributed by atoms with Gasteiger partial charge < -0.3 is 35.6 Å². The number of carbonyl (C=O) groups excluding carboxylic acids is 2. The van der Waals surface area contributed by atoms with E-state index in [1.807, 2.05) is 43.3 Å². The van der Waals surface area contributed by atoms with Crippen molar-refractivity contribution in [1.82, 2.24) is 9.80 Å². The molecule has 3 amide bonds. The number of rotatable bonds is 10. The van der Waals surface area contributed by atoms with Crippen molar-refractivity contribution in [1.29, 1.82) is 0 Å². The summed E-state index contributed by atoms with van der Waals surface area (Å²) in [6, 6.07) is 19.2. The van der Waals surface area contributed by atoms with Gasteiger partial charge in [-0.2, -0.15) is 0 Å². The summed E-state index contributed by atoms with van der Waals surface area (Å²) >= 11 is 0. The molecule has 0 saturated carbocycles. The molecule has 0 aromatic heterocycles. The zero-order valence-corrected chi connectivity index (χ0v) is 21.1. The van der Waals surface area contributed by atoms with Crippen molar-refractivity contribution in [2.24, 2.45) is 0 Å². The van der Waals surface area contributed by atoms with Crippen LogP contribution in [0.25, 0.3) is 0 Å². The van der Waals surface area contributed by atoms with E-state index in [0.29, 0.717) is 53.8 Å². The lowest BCUT2D eigenvalue weighted by atomic mass is 10.1. The van der Waals surface area contributed by atoms with Crippen LogP contribution in [0.5, 0.6) is 11.5 Å². The van der Waals surface area contributed by atoms with Gasteiger partial charge in [-0.1, -0.05) is 24.3 Å². The number of para-hydroxylation sites is 2. The van der Waals surface area contributed by atoms with Crippen molar-refractivity contribution >= 4 is 29.0 Å². The van der Waals surface area contributed by atoms with Gasteiger partial charge >= 0.3 is 6.03 Å². The van der Waals surface area contributed by atoms with Gasteiger partial charge in [-0.25, -0.2) is 4.79 Å². The molecule has 3 rings (SSSR count). The molecule has 0 spiro atoms. The monoisotopic (exact) mass is 491 g/mol. The number of hydrogen-bond donors (Lipinski definition) is 3. The maximum Gasteiger partial charge on any atom is 0.322 e. The fourth-order valence-corrected chi connectivity index (χ4v) is 3.48. The van der Waals surface area contributed by atoms with Crippen LogP contribution in [0.3, 0.4) is 0 Å². The molecule has 0 heterocycles. The van der Waals surface area contributed by atoms with Crippen molar-refractivity contribution in [3.05, 3.63) is 77.9 Å². The molecule has 0 aliphatic rings. The lowest BCUT2D eigenvalue weighted by molar-refractivity contribution is 0.102. The third-order valence-corrected chi connectivity index (χ3v) is 5.54. The van der Waals surface area contributed by atoms with Crippen LogP contribution in [-0.2, 0) is 6.54 Å². The molecular formula is C27H33N5O4. The summed E-state index contributed by atoms with van der Waals surface area (Å²) in [7, 11) is 7.02. The first-order chi connectivity index (χ1) is 17.3. The highest BCUT2D eigenvalue weighted by atomic mass is 16.5. The van der Waals surface area contributed by atoms with Gasteiger partial charge in [0.1, 0.15) is 0 Å². The molecule has 3 aromatic carbocycles. The Bertz CT molecular complexity index is 1180. The van der Waals surface area contributed by atoms with Crippen LogP contribution in [0.15, 0.2) is 66.7 Å². The molecule has 0 unspecified atom stereocenters. The third-order valence-electron chi connectivity index (χ3n) is 5.54. The zero-order chi connectivity index (χ0) is 26.1. The Morgan fingerprint density at radius 3 is 2.19 bits per heavy atom. The van der Waals surface area contributed by atoms with E-state index in [1.165, 1.54) is 0 Å². The Labute approximate surface area is 211 Å². The van der Waals surface area contributed by atoms with Crippen LogP contribution >= 0.6 is 0 Å². The SMILES string of the molecule is COc1ccc(NC(=O)N(CCN(C)C)Cc2ccc(C(=O)Nc3ccccc3N)cc2)cc1OC. The van der Waals surface area contributed by atoms with Gasteiger partial charge in [-0.3, -0.25) is 4.79 Å². The number of likely N-dealkylation sites (N-methyl/N-ethyl adjacent to an activating group) is 1. The summed E-state index contributed by atoms with van der Waals surface area (Å²) in [5.74, 6) is 0.857. The molecule has 0 aliphatic carbocycles. The Balaban J connectivity index is 1.70. The van der Waals surface area contributed by atoms with E-state index in [4.69, 9.17) is 15.2 Å².